The van der Waals surface area contributed by atoms with Crippen LogP contribution >= 0.6 is 23.1 Å². The average molecular weight is 577 g/mol. The minimum atomic E-state index is -0.326. The lowest BCUT2D eigenvalue weighted by molar-refractivity contribution is 0.0741. The summed E-state index contributed by atoms with van der Waals surface area (Å²) in [4.78, 5) is 21.9. The Morgan fingerprint density at radius 1 is 1.02 bits per heavy atom. The van der Waals surface area contributed by atoms with Crippen LogP contribution in [0.3, 0.4) is 0 Å². The smallest absolute Gasteiger partial charge is 0.273 e. The Balaban J connectivity index is 1.11. The van der Waals surface area contributed by atoms with Crippen molar-refractivity contribution in [3.8, 4) is 23.0 Å². The SMILES string of the molecule is COc1ccc(N2CCN(C(=O)c3csc(CSc4nnc(-c5ccco5)n4-c4ccc(F)cc4)n3)CC2)cc1. The van der Waals surface area contributed by atoms with Gasteiger partial charge in [0.15, 0.2) is 10.9 Å². The first kappa shape index (κ1) is 26.1. The quantitative estimate of drug-likeness (QED) is 0.227. The number of carbonyl (C=O) groups excluding carboxylic acids is 1. The molecule has 0 saturated carbocycles. The van der Waals surface area contributed by atoms with Crippen LogP contribution in [0.15, 0.2) is 81.9 Å². The van der Waals surface area contributed by atoms with Gasteiger partial charge in [-0.2, -0.15) is 0 Å². The molecule has 1 aliphatic rings. The van der Waals surface area contributed by atoms with Crippen molar-refractivity contribution < 1.29 is 18.3 Å². The molecule has 0 bridgehead atoms. The second-order valence-electron chi connectivity index (χ2n) is 8.99. The monoisotopic (exact) mass is 576 g/mol. The molecule has 6 rings (SSSR count). The number of anilines is 1. The molecule has 0 N–H and O–H groups in total. The normalized spacial score (nSPS) is 13.6. The lowest BCUT2D eigenvalue weighted by atomic mass is 10.2. The van der Waals surface area contributed by atoms with E-state index in [0.29, 0.717) is 47.0 Å². The maximum absolute atomic E-state index is 13.6. The fourth-order valence-corrected chi connectivity index (χ4v) is 6.21. The van der Waals surface area contributed by atoms with E-state index in [0.717, 1.165) is 29.5 Å². The van der Waals surface area contributed by atoms with Crippen LogP contribution in [-0.4, -0.2) is 63.8 Å². The summed E-state index contributed by atoms with van der Waals surface area (Å²) in [6, 6.07) is 17.7. The van der Waals surface area contributed by atoms with Crippen LogP contribution in [0.4, 0.5) is 10.1 Å². The highest BCUT2D eigenvalue weighted by Gasteiger charge is 2.25. The van der Waals surface area contributed by atoms with Gasteiger partial charge < -0.3 is 19.0 Å². The molecule has 9 nitrogen and oxygen atoms in total. The summed E-state index contributed by atoms with van der Waals surface area (Å²) >= 11 is 2.88. The largest absolute Gasteiger partial charge is 0.497 e. The van der Waals surface area contributed by atoms with Crippen LogP contribution in [-0.2, 0) is 5.75 Å². The van der Waals surface area contributed by atoms with Crippen LogP contribution < -0.4 is 9.64 Å². The molecular weight excluding hydrogens is 551 g/mol. The minimum Gasteiger partial charge on any atom is -0.497 e. The Morgan fingerprint density at radius 3 is 2.48 bits per heavy atom. The molecule has 40 heavy (non-hydrogen) atoms. The summed E-state index contributed by atoms with van der Waals surface area (Å²) < 4.78 is 26.2. The topological polar surface area (TPSA) is 89.5 Å². The van der Waals surface area contributed by atoms with Gasteiger partial charge in [-0.1, -0.05) is 11.8 Å². The number of halogens is 1. The molecule has 204 valence electrons. The number of amides is 1. The first-order valence-corrected chi connectivity index (χ1v) is 14.5. The third-order valence-corrected chi connectivity index (χ3v) is 8.53. The second-order valence-corrected chi connectivity index (χ2v) is 10.9. The van der Waals surface area contributed by atoms with Gasteiger partial charge in [-0.05, 0) is 60.7 Å². The van der Waals surface area contributed by atoms with E-state index in [2.05, 4.69) is 20.1 Å². The zero-order valence-corrected chi connectivity index (χ0v) is 23.2. The molecule has 1 saturated heterocycles. The molecule has 0 atom stereocenters. The Morgan fingerprint density at radius 2 is 1.77 bits per heavy atom. The van der Waals surface area contributed by atoms with Crippen LogP contribution in [0.5, 0.6) is 5.75 Å². The van der Waals surface area contributed by atoms with Crippen molar-refractivity contribution in [3.63, 3.8) is 0 Å². The predicted octanol–water partition coefficient (Wildman–Crippen LogP) is 5.39. The number of thioether (sulfide) groups is 1. The van der Waals surface area contributed by atoms with Crippen LogP contribution in [0.25, 0.3) is 17.3 Å². The van der Waals surface area contributed by atoms with E-state index in [4.69, 9.17) is 9.15 Å². The van der Waals surface area contributed by atoms with Gasteiger partial charge in [0.05, 0.1) is 24.8 Å². The van der Waals surface area contributed by atoms with E-state index >= 15 is 0 Å². The van der Waals surface area contributed by atoms with Crippen molar-refractivity contribution in [1.82, 2.24) is 24.6 Å². The van der Waals surface area contributed by atoms with Crippen molar-refractivity contribution in [3.05, 3.63) is 88.8 Å². The van der Waals surface area contributed by atoms with E-state index in [9.17, 15) is 9.18 Å². The number of aromatic nitrogens is 4. The zero-order chi connectivity index (χ0) is 27.5. The molecule has 5 aromatic rings. The summed E-state index contributed by atoms with van der Waals surface area (Å²) in [7, 11) is 1.65. The maximum Gasteiger partial charge on any atom is 0.273 e. The van der Waals surface area contributed by atoms with Gasteiger partial charge in [0.1, 0.15) is 22.3 Å². The molecule has 0 radical (unpaired) electrons. The van der Waals surface area contributed by atoms with E-state index in [-0.39, 0.29) is 11.7 Å². The van der Waals surface area contributed by atoms with Crippen LogP contribution in [0, 0.1) is 5.82 Å². The summed E-state index contributed by atoms with van der Waals surface area (Å²) in [6.45, 7) is 2.76. The first-order chi connectivity index (χ1) is 19.6. The molecule has 3 aromatic heterocycles. The second kappa shape index (κ2) is 11.5. The number of ether oxygens (including phenoxy) is 1. The summed E-state index contributed by atoms with van der Waals surface area (Å²) in [5.74, 6) is 2.01. The molecule has 0 unspecified atom stereocenters. The zero-order valence-electron chi connectivity index (χ0n) is 21.6. The number of thiazole rings is 1. The standard InChI is InChI=1S/C28H25FN6O3S2/c1-37-22-10-8-20(9-11-22)33-12-14-34(15-13-33)27(36)23-17-39-25(30-23)18-40-28-32-31-26(24-3-2-16-38-24)35(28)21-6-4-19(29)5-7-21/h2-11,16-17H,12-15,18H2,1H3. The fourth-order valence-electron chi connectivity index (χ4n) is 4.48. The molecule has 1 fully saturated rings. The number of hydrogen-bond acceptors (Lipinski definition) is 9. The molecule has 1 aliphatic heterocycles. The highest BCUT2D eigenvalue weighted by atomic mass is 32.2. The van der Waals surface area contributed by atoms with Crippen molar-refractivity contribution in [2.45, 2.75) is 10.9 Å². The molecule has 0 spiro atoms. The number of carbonyl (C=O) groups is 1. The highest BCUT2D eigenvalue weighted by molar-refractivity contribution is 7.98. The molecular formula is C28H25FN6O3S2. The van der Waals surface area contributed by atoms with E-state index in [1.54, 1.807) is 37.6 Å². The van der Waals surface area contributed by atoms with Gasteiger partial charge in [-0.3, -0.25) is 9.36 Å². The summed E-state index contributed by atoms with van der Waals surface area (Å²) in [5, 5.41) is 11.9. The number of rotatable bonds is 8. The molecule has 0 aliphatic carbocycles. The van der Waals surface area contributed by atoms with E-state index < -0.39 is 0 Å². The summed E-state index contributed by atoms with van der Waals surface area (Å²) in [5.41, 5.74) is 2.28. The Hall–Kier alpha value is -4.16. The van der Waals surface area contributed by atoms with Gasteiger partial charge >= 0.3 is 0 Å². The summed E-state index contributed by atoms with van der Waals surface area (Å²) in [6.07, 6.45) is 1.57. The minimum absolute atomic E-state index is 0.0588. The van der Waals surface area contributed by atoms with Gasteiger partial charge in [-0.15, -0.1) is 21.5 Å². The number of nitrogens with zero attached hydrogens (tertiary/aromatic N) is 6. The van der Waals surface area contributed by atoms with Crippen molar-refractivity contribution in [1.29, 1.82) is 0 Å². The van der Waals surface area contributed by atoms with Gasteiger partial charge in [0.25, 0.3) is 5.91 Å². The predicted molar refractivity (Wildman–Crippen MR) is 152 cm³/mol. The average Bonchev–Trinajstić information content (AvgIpc) is 3.78. The van der Waals surface area contributed by atoms with Crippen LogP contribution in [0.2, 0.25) is 0 Å². The van der Waals surface area contributed by atoms with Crippen molar-refractivity contribution in [2.24, 2.45) is 0 Å². The lowest BCUT2D eigenvalue weighted by Gasteiger charge is -2.35. The Bertz CT molecular complexity index is 1580. The van der Waals surface area contributed by atoms with Gasteiger partial charge in [0.2, 0.25) is 5.82 Å². The fraction of sp³-hybridized carbons (Fsp3) is 0.214. The van der Waals surface area contributed by atoms with E-state index in [1.807, 2.05) is 39.1 Å². The Labute approximate surface area is 238 Å². The van der Waals surface area contributed by atoms with Crippen molar-refractivity contribution in [2.75, 3.05) is 38.2 Å². The number of piperazine rings is 1. The molecule has 4 heterocycles. The highest BCUT2D eigenvalue weighted by Crippen LogP contribution is 2.31. The number of furan rings is 1. The number of methoxy groups -OCH3 is 1. The lowest BCUT2D eigenvalue weighted by Crippen LogP contribution is -2.48. The number of hydrogen-bond donors (Lipinski definition) is 0. The van der Waals surface area contributed by atoms with Gasteiger partial charge in [0, 0.05) is 37.2 Å². The molecule has 12 heteroatoms. The van der Waals surface area contributed by atoms with E-state index in [1.165, 1.54) is 35.2 Å². The van der Waals surface area contributed by atoms with Crippen molar-refractivity contribution >= 4 is 34.7 Å². The molecule has 1 amide bonds. The molecule has 2 aromatic carbocycles. The third-order valence-electron chi connectivity index (χ3n) is 6.56. The maximum atomic E-state index is 13.6. The first-order valence-electron chi connectivity index (χ1n) is 12.6. The Kier molecular flexibility index (Phi) is 7.51. The van der Waals surface area contributed by atoms with Crippen LogP contribution in [0.1, 0.15) is 15.5 Å². The number of benzene rings is 2. The van der Waals surface area contributed by atoms with Gasteiger partial charge in [-0.25, -0.2) is 9.37 Å². The third kappa shape index (κ3) is 5.45.